The molecule has 2 N–H and O–H groups in total. The number of thioether (sulfide) groups is 1. The summed E-state index contributed by atoms with van der Waals surface area (Å²) in [6.45, 7) is 1.81. The molecule has 0 saturated carbocycles. The highest BCUT2D eigenvalue weighted by molar-refractivity contribution is 9.10. The number of anilines is 1. The van der Waals surface area contributed by atoms with E-state index in [-0.39, 0.29) is 17.4 Å². The maximum atomic E-state index is 13.5. The Bertz CT molecular complexity index is 1390. The molecule has 9 heteroatoms. The predicted octanol–water partition coefficient (Wildman–Crippen LogP) is 6.47. The average Bonchev–Trinajstić information content (AvgIpc) is 3.42. The highest BCUT2D eigenvalue weighted by atomic mass is 79.9. The molecule has 0 saturated heterocycles. The second-order valence-electron chi connectivity index (χ2n) is 7.84. The Kier molecular flexibility index (Phi) is 8.31. The number of hydrogen-bond donors (Lipinski definition) is 2. The highest BCUT2D eigenvalue weighted by Gasteiger charge is 2.35. The molecule has 4 rings (SSSR count). The van der Waals surface area contributed by atoms with Gasteiger partial charge in [0.25, 0.3) is 5.91 Å². The van der Waals surface area contributed by atoms with Gasteiger partial charge in [-0.1, -0.05) is 58.0 Å². The fourth-order valence-corrected chi connectivity index (χ4v) is 5.96. The summed E-state index contributed by atoms with van der Waals surface area (Å²) in [4.78, 5) is 27.2. The standard InChI is InChI=1S/C27H22BrN3O3S2/c1-16-24(26(33)31-20-6-3-4-7-22(20)34-2)25(23-8-5-13-35-23)19(14-29)27(30-16)36-15-21(32)17-9-11-18(28)12-10-17/h3-13,25,30H,15H2,1-2H3,(H,31,33)/t25-/m1/s1. The number of methoxy groups -OCH3 is 1. The fraction of sp³-hybridized carbons (Fsp3) is 0.148. The van der Waals surface area contributed by atoms with Crippen LogP contribution in [0.5, 0.6) is 5.75 Å². The van der Waals surface area contributed by atoms with Gasteiger partial charge in [0.05, 0.1) is 41.1 Å². The minimum atomic E-state index is -0.559. The zero-order valence-corrected chi connectivity index (χ0v) is 22.7. The van der Waals surface area contributed by atoms with Crippen molar-refractivity contribution in [1.82, 2.24) is 5.32 Å². The number of hydrogen-bond acceptors (Lipinski definition) is 7. The summed E-state index contributed by atoms with van der Waals surface area (Å²) >= 11 is 6.12. The topological polar surface area (TPSA) is 91.2 Å². The van der Waals surface area contributed by atoms with Crippen LogP contribution in [0.25, 0.3) is 0 Å². The van der Waals surface area contributed by atoms with E-state index in [4.69, 9.17) is 4.74 Å². The Morgan fingerprint density at radius 1 is 1.17 bits per heavy atom. The maximum absolute atomic E-state index is 13.5. The molecule has 36 heavy (non-hydrogen) atoms. The van der Waals surface area contributed by atoms with Gasteiger partial charge < -0.3 is 15.4 Å². The molecule has 1 amide bonds. The van der Waals surface area contributed by atoms with Gasteiger partial charge in [-0.15, -0.1) is 11.3 Å². The number of dihydropyridines is 1. The summed E-state index contributed by atoms with van der Waals surface area (Å²) in [7, 11) is 1.54. The van der Waals surface area contributed by atoms with Crippen molar-refractivity contribution in [3.63, 3.8) is 0 Å². The van der Waals surface area contributed by atoms with Crippen LogP contribution in [0, 0.1) is 11.3 Å². The Balaban J connectivity index is 1.64. The number of carbonyl (C=O) groups excluding carboxylic acids is 2. The number of ketones is 1. The fourth-order valence-electron chi connectivity index (χ4n) is 3.86. The molecule has 3 aromatic rings. The van der Waals surface area contributed by atoms with Crippen LogP contribution in [-0.2, 0) is 4.79 Å². The van der Waals surface area contributed by atoms with E-state index in [1.807, 2.05) is 48.7 Å². The van der Waals surface area contributed by atoms with Crippen molar-refractivity contribution in [1.29, 1.82) is 5.26 Å². The summed E-state index contributed by atoms with van der Waals surface area (Å²) in [6, 6.07) is 20.5. The highest BCUT2D eigenvalue weighted by Crippen LogP contribution is 2.42. The minimum absolute atomic E-state index is 0.0480. The Morgan fingerprint density at radius 2 is 1.92 bits per heavy atom. The Labute approximate surface area is 226 Å². The summed E-state index contributed by atoms with van der Waals surface area (Å²) in [5, 5.41) is 18.8. The first-order valence-electron chi connectivity index (χ1n) is 10.9. The van der Waals surface area contributed by atoms with E-state index in [9.17, 15) is 14.9 Å². The molecule has 0 spiro atoms. The number of rotatable bonds is 8. The number of Topliss-reactive ketones (excluding diaryl/α,β-unsaturated/α-hetero) is 1. The van der Waals surface area contributed by atoms with E-state index in [2.05, 4.69) is 32.6 Å². The van der Waals surface area contributed by atoms with Gasteiger partial charge in [-0.3, -0.25) is 9.59 Å². The molecule has 2 heterocycles. The molecule has 0 unspecified atom stereocenters. The molecule has 1 aliphatic heterocycles. The number of nitrogens with one attached hydrogen (secondary N) is 2. The monoisotopic (exact) mass is 579 g/mol. The average molecular weight is 581 g/mol. The number of ether oxygens (including phenoxy) is 1. The number of nitriles is 1. The lowest BCUT2D eigenvalue weighted by Crippen LogP contribution is -2.30. The quantitative estimate of drug-likeness (QED) is 0.297. The largest absolute Gasteiger partial charge is 0.495 e. The molecule has 6 nitrogen and oxygen atoms in total. The van der Waals surface area contributed by atoms with Crippen LogP contribution in [0.15, 0.2) is 92.4 Å². The number of carbonyl (C=O) groups is 2. The van der Waals surface area contributed by atoms with Crippen molar-refractivity contribution in [2.45, 2.75) is 12.8 Å². The van der Waals surface area contributed by atoms with Gasteiger partial charge in [0.2, 0.25) is 0 Å². The van der Waals surface area contributed by atoms with Gasteiger partial charge >= 0.3 is 0 Å². The molecule has 1 atom stereocenters. The van der Waals surface area contributed by atoms with Crippen LogP contribution in [0.2, 0.25) is 0 Å². The van der Waals surface area contributed by atoms with Crippen LogP contribution >= 0.6 is 39.0 Å². The van der Waals surface area contributed by atoms with Crippen LogP contribution < -0.4 is 15.4 Å². The smallest absolute Gasteiger partial charge is 0.254 e. The normalized spacial score (nSPS) is 15.2. The second kappa shape index (κ2) is 11.6. The van der Waals surface area contributed by atoms with E-state index < -0.39 is 5.92 Å². The van der Waals surface area contributed by atoms with E-state index in [0.29, 0.717) is 38.9 Å². The summed E-state index contributed by atoms with van der Waals surface area (Å²) < 4.78 is 6.27. The lowest BCUT2D eigenvalue weighted by Gasteiger charge is -2.29. The SMILES string of the molecule is COc1ccccc1NC(=O)C1=C(C)NC(SCC(=O)c2ccc(Br)cc2)=C(C#N)[C@@H]1c1cccs1. The van der Waals surface area contributed by atoms with Gasteiger partial charge in [0, 0.05) is 26.2 Å². The molecule has 0 aliphatic carbocycles. The molecule has 1 aliphatic rings. The zero-order valence-electron chi connectivity index (χ0n) is 19.5. The minimum Gasteiger partial charge on any atom is -0.495 e. The van der Waals surface area contributed by atoms with Gasteiger partial charge in [-0.05, 0) is 42.6 Å². The Morgan fingerprint density at radius 3 is 2.58 bits per heavy atom. The third-order valence-electron chi connectivity index (χ3n) is 5.59. The zero-order chi connectivity index (χ0) is 25.7. The van der Waals surface area contributed by atoms with Crippen molar-refractivity contribution in [2.75, 3.05) is 18.2 Å². The Hall–Kier alpha value is -3.32. The summed E-state index contributed by atoms with van der Waals surface area (Å²) in [5.74, 6) is -0.239. The van der Waals surface area contributed by atoms with E-state index in [0.717, 1.165) is 9.35 Å². The number of benzene rings is 2. The van der Waals surface area contributed by atoms with Gasteiger partial charge in [0.1, 0.15) is 5.75 Å². The first-order chi connectivity index (χ1) is 17.4. The maximum Gasteiger partial charge on any atom is 0.254 e. The van der Waals surface area contributed by atoms with Gasteiger partial charge in [0.15, 0.2) is 5.78 Å². The first-order valence-corrected chi connectivity index (χ1v) is 13.6. The van der Waals surface area contributed by atoms with E-state index in [1.165, 1.54) is 23.1 Å². The first kappa shape index (κ1) is 25.8. The van der Waals surface area contributed by atoms with Crippen molar-refractivity contribution in [3.8, 4) is 11.8 Å². The van der Waals surface area contributed by atoms with Crippen molar-refractivity contribution in [3.05, 3.63) is 103 Å². The lowest BCUT2D eigenvalue weighted by atomic mass is 9.86. The number of thiophene rings is 1. The summed E-state index contributed by atoms with van der Waals surface area (Å²) in [6.07, 6.45) is 0. The van der Waals surface area contributed by atoms with Crippen LogP contribution in [0.4, 0.5) is 5.69 Å². The molecule has 0 fully saturated rings. The molecule has 182 valence electrons. The third kappa shape index (κ3) is 5.57. The summed E-state index contributed by atoms with van der Waals surface area (Å²) in [5.41, 5.74) is 2.61. The van der Waals surface area contributed by atoms with Crippen molar-refractivity contribution >= 4 is 56.4 Å². The molecule has 0 bridgehead atoms. The third-order valence-corrected chi connectivity index (χ3v) is 8.07. The lowest BCUT2D eigenvalue weighted by molar-refractivity contribution is -0.113. The number of nitrogens with zero attached hydrogens (tertiary/aromatic N) is 1. The number of amides is 1. The molecular weight excluding hydrogens is 558 g/mol. The van der Waals surface area contributed by atoms with Crippen molar-refractivity contribution < 1.29 is 14.3 Å². The van der Waals surface area contributed by atoms with Crippen molar-refractivity contribution in [2.24, 2.45) is 0 Å². The van der Waals surface area contributed by atoms with E-state index >= 15 is 0 Å². The predicted molar refractivity (Wildman–Crippen MR) is 148 cm³/mol. The van der Waals surface area contributed by atoms with Crippen LogP contribution in [-0.4, -0.2) is 24.6 Å². The second-order valence-corrected chi connectivity index (χ2v) is 10.7. The molecular formula is C27H22BrN3O3S2. The molecule has 0 radical (unpaired) electrons. The van der Waals surface area contributed by atoms with E-state index in [1.54, 1.807) is 31.4 Å². The van der Waals surface area contributed by atoms with Gasteiger partial charge in [-0.25, -0.2) is 0 Å². The number of halogens is 1. The molecule has 2 aromatic carbocycles. The van der Waals surface area contributed by atoms with Crippen LogP contribution in [0.1, 0.15) is 28.1 Å². The van der Waals surface area contributed by atoms with Crippen LogP contribution in [0.3, 0.4) is 0 Å². The molecule has 1 aromatic heterocycles. The number of allylic oxidation sites excluding steroid dienone is 2. The number of para-hydroxylation sites is 2. The van der Waals surface area contributed by atoms with Gasteiger partial charge in [-0.2, -0.15) is 5.26 Å².